The number of hydrogen-bond donors (Lipinski definition) is 2. The van der Waals surface area contributed by atoms with Gasteiger partial charge in [-0.1, -0.05) is 66.7 Å². The largest absolute Gasteiger partial charge is 0.351 e. The molecule has 5 heteroatoms. The van der Waals surface area contributed by atoms with E-state index in [1.165, 1.54) is 4.90 Å². The van der Waals surface area contributed by atoms with Crippen molar-refractivity contribution in [1.29, 1.82) is 0 Å². The Balaban J connectivity index is 1.74. The standard InChI is InChI=1S/C23H25N3O2/c1-2-26(23(24)28)21(15-17-8-4-3-5-9-17)22(27)25-16-18-12-13-19-10-6-7-11-20(19)14-18/h3-14,21H,2,15-16H2,1H3,(H2,24,28)(H,25,27)/t21-/m1/s1. The fourth-order valence-corrected chi connectivity index (χ4v) is 3.37. The number of likely N-dealkylation sites (N-methyl/N-ethyl adjacent to an activating group) is 1. The summed E-state index contributed by atoms with van der Waals surface area (Å²) < 4.78 is 0. The second-order valence-electron chi connectivity index (χ2n) is 6.73. The minimum atomic E-state index is -0.648. The van der Waals surface area contributed by atoms with Gasteiger partial charge >= 0.3 is 6.03 Å². The van der Waals surface area contributed by atoms with E-state index in [-0.39, 0.29) is 5.91 Å². The van der Waals surface area contributed by atoms with E-state index in [0.717, 1.165) is 21.9 Å². The smallest absolute Gasteiger partial charge is 0.315 e. The van der Waals surface area contributed by atoms with Crippen LogP contribution in [0.3, 0.4) is 0 Å². The van der Waals surface area contributed by atoms with Crippen LogP contribution in [-0.4, -0.2) is 29.4 Å². The fraction of sp³-hybridized carbons (Fsp3) is 0.217. The van der Waals surface area contributed by atoms with Crippen molar-refractivity contribution >= 4 is 22.7 Å². The van der Waals surface area contributed by atoms with Crippen molar-refractivity contribution in [3.05, 3.63) is 83.9 Å². The number of carbonyl (C=O) groups excluding carboxylic acids is 2. The summed E-state index contributed by atoms with van der Waals surface area (Å²) >= 11 is 0. The molecule has 0 aliphatic rings. The lowest BCUT2D eigenvalue weighted by molar-refractivity contribution is -0.125. The highest BCUT2D eigenvalue weighted by atomic mass is 16.2. The Morgan fingerprint density at radius 1 is 0.929 bits per heavy atom. The molecule has 0 aliphatic heterocycles. The molecule has 0 fully saturated rings. The average molecular weight is 375 g/mol. The van der Waals surface area contributed by atoms with Crippen LogP contribution in [-0.2, 0) is 17.8 Å². The van der Waals surface area contributed by atoms with Crippen LogP contribution < -0.4 is 11.1 Å². The van der Waals surface area contributed by atoms with Gasteiger partial charge in [0.1, 0.15) is 6.04 Å². The number of carbonyl (C=O) groups is 2. The van der Waals surface area contributed by atoms with E-state index in [2.05, 4.69) is 17.4 Å². The molecule has 0 saturated carbocycles. The van der Waals surface area contributed by atoms with Crippen LogP contribution in [0.25, 0.3) is 10.8 Å². The van der Waals surface area contributed by atoms with Crippen molar-refractivity contribution in [2.75, 3.05) is 6.54 Å². The lowest BCUT2D eigenvalue weighted by atomic mass is 10.0. The molecule has 0 radical (unpaired) electrons. The molecule has 0 spiro atoms. The summed E-state index contributed by atoms with van der Waals surface area (Å²) in [5, 5.41) is 5.25. The van der Waals surface area contributed by atoms with Gasteiger partial charge in [0.15, 0.2) is 0 Å². The number of urea groups is 1. The van der Waals surface area contributed by atoms with Crippen LogP contribution in [0, 0.1) is 0 Å². The van der Waals surface area contributed by atoms with Gasteiger partial charge in [-0.2, -0.15) is 0 Å². The number of amides is 3. The minimum absolute atomic E-state index is 0.210. The number of nitrogens with one attached hydrogen (secondary N) is 1. The molecule has 0 aromatic heterocycles. The van der Waals surface area contributed by atoms with E-state index in [1.54, 1.807) is 0 Å². The lowest BCUT2D eigenvalue weighted by Crippen LogP contribution is -2.52. The zero-order valence-corrected chi connectivity index (χ0v) is 16.0. The summed E-state index contributed by atoms with van der Waals surface area (Å²) in [6.45, 7) is 2.58. The van der Waals surface area contributed by atoms with Gasteiger partial charge < -0.3 is 16.0 Å². The number of rotatable bonds is 7. The van der Waals surface area contributed by atoms with E-state index in [4.69, 9.17) is 5.73 Å². The van der Waals surface area contributed by atoms with Crippen molar-refractivity contribution in [2.45, 2.75) is 25.9 Å². The van der Waals surface area contributed by atoms with Gasteiger partial charge in [0.05, 0.1) is 0 Å². The van der Waals surface area contributed by atoms with Crippen LogP contribution >= 0.6 is 0 Å². The monoisotopic (exact) mass is 375 g/mol. The van der Waals surface area contributed by atoms with Crippen LogP contribution in [0.5, 0.6) is 0 Å². The maximum absolute atomic E-state index is 12.9. The first kappa shape index (κ1) is 19.4. The minimum Gasteiger partial charge on any atom is -0.351 e. The van der Waals surface area contributed by atoms with Gasteiger partial charge in [-0.15, -0.1) is 0 Å². The van der Waals surface area contributed by atoms with Gasteiger partial charge in [-0.05, 0) is 34.9 Å². The SMILES string of the molecule is CCN(C(N)=O)[C@H](Cc1ccccc1)C(=O)NCc1ccc2ccccc2c1. The van der Waals surface area contributed by atoms with Crippen molar-refractivity contribution in [3.8, 4) is 0 Å². The van der Waals surface area contributed by atoms with E-state index in [1.807, 2.05) is 67.6 Å². The molecule has 3 aromatic rings. The molecule has 28 heavy (non-hydrogen) atoms. The van der Waals surface area contributed by atoms with Crippen LogP contribution in [0.4, 0.5) is 4.79 Å². The van der Waals surface area contributed by atoms with Gasteiger partial charge in [0, 0.05) is 19.5 Å². The highest BCUT2D eigenvalue weighted by Gasteiger charge is 2.27. The summed E-state index contributed by atoms with van der Waals surface area (Å²) in [6.07, 6.45) is 0.418. The summed E-state index contributed by atoms with van der Waals surface area (Å²) in [7, 11) is 0. The quantitative estimate of drug-likeness (QED) is 0.663. The maximum Gasteiger partial charge on any atom is 0.315 e. The molecule has 0 unspecified atom stereocenters. The molecule has 5 nitrogen and oxygen atoms in total. The van der Waals surface area contributed by atoms with Crippen LogP contribution in [0.2, 0.25) is 0 Å². The maximum atomic E-state index is 12.9. The molecule has 0 saturated heterocycles. The Hall–Kier alpha value is -3.34. The van der Waals surface area contributed by atoms with E-state index < -0.39 is 12.1 Å². The summed E-state index contributed by atoms with van der Waals surface area (Å²) in [4.78, 5) is 26.2. The van der Waals surface area contributed by atoms with Gasteiger partial charge in [0.2, 0.25) is 5.91 Å². The van der Waals surface area contributed by atoms with Gasteiger partial charge in [-0.3, -0.25) is 4.79 Å². The third-order valence-electron chi connectivity index (χ3n) is 4.86. The van der Waals surface area contributed by atoms with Crippen LogP contribution in [0.1, 0.15) is 18.1 Å². The lowest BCUT2D eigenvalue weighted by Gasteiger charge is -2.28. The van der Waals surface area contributed by atoms with Crippen molar-refractivity contribution in [3.63, 3.8) is 0 Å². The van der Waals surface area contributed by atoms with Gasteiger partial charge in [0.25, 0.3) is 0 Å². The highest BCUT2D eigenvalue weighted by molar-refractivity contribution is 5.87. The fourth-order valence-electron chi connectivity index (χ4n) is 3.37. The topological polar surface area (TPSA) is 75.4 Å². The Morgan fingerprint density at radius 2 is 1.61 bits per heavy atom. The zero-order chi connectivity index (χ0) is 19.9. The summed E-state index contributed by atoms with van der Waals surface area (Å²) in [6, 6.07) is 22.6. The van der Waals surface area contributed by atoms with Crippen molar-refractivity contribution in [2.24, 2.45) is 5.73 Å². The zero-order valence-electron chi connectivity index (χ0n) is 16.0. The van der Waals surface area contributed by atoms with Gasteiger partial charge in [-0.25, -0.2) is 4.79 Å². The number of benzene rings is 3. The molecule has 0 bridgehead atoms. The molecular formula is C23H25N3O2. The highest BCUT2D eigenvalue weighted by Crippen LogP contribution is 2.16. The predicted molar refractivity (Wildman–Crippen MR) is 112 cm³/mol. The van der Waals surface area contributed by atoms with Crippen molar-refractivity contribution in [1.82, 2.24) is 10.2 Å². The summed E-state index contributed by atoms with van der Waals surface area (Å²) in [5.41, 5.74) is 7.50. The Bertz CT molecular complexity index is 956. The Labute approximate surface area is 165 Å². The molecule has 144 valence electrons. The molecule has 3 amide bonds. The number of nitrogens with two attached hydrogens (primary N) is 1. The van der Waals surface area contributed by atoms with Crippen molar-refractivity contribution < 1.29 is 9.59 Å². The molecular weight excluding hydrogens is 350 g/mol. The second-order valence-corrected chi connectivity index (χ2v) is 6.73. The Kier molecular flexibility index (Phi) is 6.27. The number of primary amides is 1. The molecule has 0 heterocycles. The van der Waals surface area contributed by atoms with E-state index in [0.29, 0.717) is 19.5 Å². The molecule has 3 rings (SSSR count). The average Bonchev–Trinajstić information content (AvgIpc) is 2.72. The first-order valence-electron chi connectivity index (χ1n) is 9.44. The number of nitrogens with zero attached hydrogens (tertiary/aromatic N) is 1. The number of hydrogen-bond acceptors (Lipinski definition) is 2. The molecule has 0 aliphatic carbocycles. The predicted octanol–water partition coefficient (Wildman–Crippen LogP) is 3.47. The third kappa shape index (κ3) is 4.68. The summed E-state index contributed by atoms with van der Waals surface area (Å²) in [5.74, 6) is -0.210. The molecule has 1 atom stereocenters. The second kappa shape index (κ2) is 9.04. The first-order chi connectivity index (χ1) is 13.6. The third-order valence-corrected chi connectivity index (χ3v) is 4.86. The first-order valence-corrected chi connectivity index (χ1v) is 9.44. The normalized spacial score (nSPS) is 11.8. The van der Waals surface area contributed by atoms with Crippen LogP contribution in [0.15, 0.2) is 72.8 Å². The molecule has 3 aromatic carbocycles. The molecule has 3 N–H and O–H groups in total. The van der Waals surface area contributed by atoms with E-state index >= 15 is 0 Å². The van der Waals surface area contributed by atoms with E-state index in [9.17, 15) is 9.59 Å². The number of fused-ring (bicyclic) bond motifs is 1. The Morgan fingerprint density at radius 3 is 2.29 bits per heavy atom.